The molecule has 0 aromatic rings. The minimum absolute atomic E-state index is 0. The minimum atomic E-state index is -0.659. The Morgan fingerprint density at radius 1 is 1.06 bits per heavy atom. The van der Waals surface area contributed by atoms with Crippen molar-refractivity contribution >= 4 is 5.97 Å². The third kappa shape index (κ3) is 5.87. The fourth-order valence-electron chi connectivity index (χ4n) is 2.99. The molecule has 0 aliphatic heterocycles. The summed E-state index contributed by atoms with van der Waals surface area (Å²) in [5.74, 6) is -0.659. The SMILES string of the molecule is CCC[N+](CCC)(CC(=O)O)C(CC)CC.[Br-]. The molecule has 0 saturated heterocycles. The highest BCUT2D eigenvalue weighted by atomic mass is 79.9. The molecular formula is C13H28BrNO2. The zero-order valence-electron chi connectivity index (χ0n) is 11.7. The zero-order valence-corrected chi connectivity index (χ0v) is 13.3. The molecule has 104 valence electrons. The second-order valence-corrected chi connectivity index (χ2v) is 4.69. The second kappa shape index (κ2) is 9.89. The number of hydrogen-bond donors (Lipinski definition) is 1. The van der Waals surface area contributed by atoms with Gasteiger partial charge in [-0.1, -0.05) is 27.7 Å². The van der Waals surface area contributed by atoms with Gasteiger partial charge < -0.3 is 26.6 Å². The van der Waals surface area contributed by atoms with Crippen LogP contribution in [0.5, 0.6) is 0 Å². The van der Waals surface area contributed by atoms with Crippen LogP contribution in [0, 0.1) is 0 Å². The molecule has 0 atom stereocenters. The van der Waals surface area contributed by atoms with Gasteiger partial charge >= 0.3 is 5.97 Å². The van der Waals surface area contributed by atoms with Crippen molar-refractivity contribution in [1.29, 1.82) is 0 Å². The molecule has 0 aromatic heterocycles. The summed E-state index contributed by atoms with van der Waals surface area (Å²) >= 11 is 0. The predicted octanol–water partition coefficient (Wildman–Crippen LogP) is -0.0996. The zero-order chi connectivity index (χ0) is 12.6. The molecule has 4 heteroatoms. The lowest BCUT2D eigenvalue weighted by atomic mass is 10.0. The van der Waals surface area contributed by atoms with Gasteiger partial charge in [0.25, 0.3) is 0 Å². The fraction of sp³-hybridized carbons (Fsp3) is 0.923. The third-order valence-electron chi connectivity index (χ3n) is 3.51. The number of halogens is 1. The van der Waals surface area contributed by atoms with Gasteiger partial charge in [-0.05, 0) is 25.7 Å². The van der Waals surface area contributed by atoms with E-state index in [4.69, 9.17) is 5.11 Å². The molecule has 0 heterocycles. The minimum Gasteiger partial charge on any atom is -1.00 e. The van der Waals surface area contributed by atoms with E-state index >= 15 is 0 Å². The lowest BCUT2D eigenvalue weighted by Gasteiger charge is -2.43. The van der Waals surface area contributed by atoms with Crippen molar-refractivity contribution in [2.24, 2.45) is 0 Å². The molecule has 0 unspecified atom stereocenters. The third-order valence-corrected chi connectivity index (χ3v) is 3.51. The van der Waals surface area contributed by atoms with Gasteiger partial charge in [-0.3, -0.25) is 0 Å². The van der Waals surface area contributed by atoms with Gasteiger partial charge in [0.15, 0.2) is 6.54 Å². The summed E-state index contributed by atoms with van der Waals surface area (Å²) in [5.41, 5.74) is 0. The lowest BCUT2D eigenvalue weighted by Crippen LogP contribution is -3.00. The summed E-state index contributed by atoms with van der Waals surface area (Å²) < 4.78 is 0.773. The van der Waals surface area contributed by atoms with Gasteiger partial charge in [0.1, 0.15) is 0 Å². The Morgan fingerprint density at radius 2 is 1.47 bits per heavy atom. The molecule has 0 amide bonds. The maximum atomic E-state index is 11.1. The molecule has 3 nitrogen and oxygen atoms in total. The number of carboxylic acid groups (broad SMARTS) is 1. The monoisotopic (exact) mass is 309 g/mol. The number of carbonyl (C=O) groups is 1. The Balaban J connectivity index is 0. The molecule has 0 radical (unpaired) electrons. The number of aliphatic carboxylic acids is 1. The van der Waals surface area contributed by atoms with Crippen LogP contribution in [0.1, 0.15) is 53.4 Å². The van der Waals surface area contributed by atoms with Crippen molar-refractivity contribution < 1.29 is 31.4 Å². The highest BCUT2D eigenvalue weighted by Crippen LogP contribution is 2.21. The quantitative estimate of drug-likeness (QED) is 0.604. The van der Waals surface area contributed by atoms with Gasteiger partial charge in [-0.15, -0.1) is 0 Å². The van der Waals surface area contributed by atoms with Crippen LogP contribution in [0.2, 0.25) is 0 Å². The molecule has 0 aliphatic carbocycles. The van der Waals surface area contributed by atoms with Gasteiger partial charge in [0, 0.05) is 0 Å². The molecular weight excluding hydrogens is 282 g/mol. The Hall–Kier alpha value is -0.0900. The van der Waals surface area contributed by atoms with E-state index in [1.165, 1.54) is 0 Å². The van der Waals surface area contributed by atoms with Crippen LogP contribution in [0.15, 0.2) is 0 Å². The highest BCUT2D eigenvalue weighted by Gasteiger charge is 2.35. The van der Waals surface area contributed by atoms with Gasteiger partial charge in [-0.2, -0.15) is 0 Å². The van der Waals surface area contributed by atoms with E-state index in [0.29, 0.717) is 6.04 Å². The fourth-order valence-corrected chi connectivity index (χ4v) is 2.99. The van der Waals surface area contributed by atoms with Crippen molar-refractivity contribution in [3.8, 4) is 0 Å². The largest absolute Gasteiger partial charge is 1.00 e. The van der Waals surface area contributed by atoms with E-state index in [2.05, 4.69) is 27.7 Å². The van der Waals surface area contributed by atoms with Crippen molar-refractivity contribution in [2.75, 3.05) is 19.6 Å². The molecule has 0 bridgehead atoms. The Kier molecular flexibility index (Phi) is 11.2. The topological polar surface area (TPSA) is 37.3 Å². The van der Waals surface area contributed by atoms with Gasteiger partial charge in [0.2, 0.25) is 0 Å². The van der Waals surface area contributed by atoms with Crippen LogP contribution >= 0.6 is 0 Å². The maximum Gasteiger partial charge on any atom is 0.359 e. The first-order valence-electron chi connectivity index (χ1n) is 6.63. The number of nitrogens with zero attached hydrogens (tertiary/aromatic N) is 1. The molecule has 0 aliphatic rings. The van der Waals surface area contributed by atoms with Crippen LogP contribution in [0.3, 0.4) is 0 Å². The van der Waals surface area contributed by atoms with Crippen LogP contribution in [0.25, 0.3) is 0 Å². The standard InChI is InChI=1S/C13H27NO2.BrH/c1-5-9-14(10-6-2,11-13(15)16)12(7-3)8-4;/h12H,5-11H2,1-4H3;1H. The summed E-state index contributed by atoms with van der Waals surface area (Å²) in [7, 11) is 0. The Labute approximate surface area is 117 Å². The van der Waals surface area contributed by atoms with E-state index in [1.807, 2.05) is 0 Å². The number of rotatable bonds is 9. The predicted molar refractivity (Wildman–Crippen MR) is 67.4 cm³/mol. The molecule has 17 heavy (non-hydrogen) atoms. The van der Waals surface area contributed by atoms with Crippen molar-refractivity contribution in [1.82, 2.24) is 0 Å². The smallest absolute Gasteiger partial charge is 0.359 e. The Bertz CT molecular complexity index is 200. The summed E-state index contributed by atoms with van der Waals surface area (Å²) in [6.07, 6.45) is 4.26. The number of carboxylic acids is 1. The van der Waals surface area contributed by atoms with E-state index in [1.54, 1.807) is 0 Å². The van der Waals surface area contributed by atoms with Crippen LogP contribution in [-0.2, 0) is 4.79 Å². The Morgan fingerprint density at radius 3 is 1.71 bits per heavy atom. The molecule has 0 aromatic carbocycles. The summed E-state index contributed by atoms with van der Waals surface area (Å²) in [6, 6.07) is 0.496. The van der Waals surface area contributed by atoms with Crippen LogP contribution in [-0.4, -0.2) is 41.2 Å². The molecule has 1 N–H and O–H groups in total. The van der Waals surface area contributed by atoms with Crippen LogP contribution in [0.4, 0.5) is 0 Å². The normalized spacial score (nSPS) is 11.4. The summed E-state index contributed by atoms with van der Waals surface area (Å²) in [5, 5.41) is 9.13. The first-order valence-corrected chi connectivity index (χ1v) is 6.63. The van der Waals surface area contributed by atoms with Crippen LogP contribution < -0.4 is 17.0 Å². The number of hydrogen-bond acceptors (Lipinski definition) is 1. The van der Waals surface area contributed by atoms with Crippen molar-refractivity contribution in [3.05, 3.63) is 0 Å². The van der Waals surface area contributed by atoms with Gasteiger partial charge in [0.05, 0.1) is 19.1 Å². The first kappa shape index (κ1) is 19.3. The lowest BCUT2D eigenvalue weighted by molar-refractivity contribution is -0.945. The van der Waals surface area contributed by atoms with Gasteiger partial charge in [-0.25, -0.2) is 4.79 Å². The summed E-state index contributed by atoms with van der Waals surface area (Å²) in [6.45, 7) is 10.9. The van der Waals surface area contributed by atoms with E-state index < -0.39 is 5.97 Å². The van der Waals surface area contributed by atoms with E-state index in [-0.39, 0.29) is 23.5 Å². The van der Waals surface area contributed by atoms with E-state index in [0.717, 1.165) is 43.3 Å². The highest BCUT2D eigenvalue weighted by molar-refractivity contribution is 5.68. The van der Waals surface area contributed by atoms with E-state index in [9.17, 15) is 4.79 Å². The van der Waals surface area contributed by atoms with Crippen molar-refractivity contribution in [3.63, 3.8) is 0 Å². The first-order chi connectivity index (χ1) is 7.56. The number of quaternary nitrogens is 1. The maximum absolute atomic E-state index is 11.1. The average Bonchev–Trinajstić information content (AvgIpc) is 2.19. The molecule has 0 spiro atoms. The molecule has 0 saturated carbocycles. The van der Waals surface area contributed by atoms with Crippen molar-refractivity contribution in [2.45, 2.75) is 59.4 Å². The molecule has 0 fully saturated rings. The average molecular weight is 310 g/mol. The molecule has 0 rings (SSSR count). The summed E-state index contributed by atoms with van der Waals surface area (Å²) in [4.78, 5) is 11.1. The second-order valence-electron chi connectivity index (χ2n) is 4.69.